The lowest BCUT2D eigenvalue weighted by Gasteiger charge is -2.23. The van der Waals surface area contributed by atoms with Gasteiger partial charge in [0.1, 0.15) is 11.5 Å². The van der Waals surface area contributed by atoms with Crippen LogP contribution in [0, 0.1) is 0 Å². The lowest BCUT2D eigenvalue weighted by atomic mass is 9.81. The first-order valence-electron chi connectivity index (χ1n) is 7.71. The van der Waals surface area contributed by atoms with Gasteiger partial charge in [-0.05, 0) is 59.4 Å². The Hall–Kier alpha value is -2.55. The van der Waals surface area contributed by atoms with Gasteiger partial charge >= 0.3 is 0 Å². The molecule has 3 nitrogen and oxygen atoms in total. The number of rotatable bonds is 4. The summed E-state index contributed by atoms with van der Waals surface area (Å²) in [6.45, 7) is 0. The summed E-state index contributed by atoms with van der Waals surface area (Å²) in [4.78, 5) is 12.2. The van der Waals surface area contributed by atoms with Crippen LogP contribution in [0.3, 0.4) is 0 Å². The van der Waals surface area contributed by atoms with Gasteiger partial charge in [0.05, 0.1) is 14.2 Å². The molecule has 118 valence electrons. The molecule has 0 spiro atoms. The second-order valence-electron chi connectivity index (χ2n) is 5.75. The van der Waals surface area contributed by atoms with E-state index in [0.717, 1.165) is 29.1 Å². The van der Waals surface area contributed by atoms with Crippen molar-refractivity contribution in [1.29, 1.82) is 0 Å². The van der Waals surface area contributed by atoms with Crippen molar-refractivity contribution in [2.75, 3.05) is 14.2 Å². The molecule has 2 aromatic carbocycles. The van der Waals surface area contributed by atoms with Crippen LogP contribution >= 0.6 is 0 Å². The highest BCUT2D eigenvalue weighted by Crippen LogP contribution is 2.37. The van der Waals surface area contributed by atoms with E-state index in [4.69, 9.17) is 9.47 Å². The Morgan fingerprint density at radius 2 is 1.65 bits per heavy atom. The van der Waals surface area contributed by atoms with Gasteiger partial charge in [-0.15, -0.1) is 0 Å². The Bertz CT molecular complexity index is 729. The largest absolute Gasteiger partial charge is 0.497 e. The minimum absolute atomic E-state index is 0.176. The van der Waals surface area contributed by atoms with E-state index in [1.165, 1.54) is 5.56 Å². The maximum Gasteiger partial charge on any atom is 0.156 e. The van der Waals surface area contributed by atoms with E-state index in [0.29, 0.717) is 6.42 Å². The Kier molecular flexibility index (Phi) is 4.47. The molecule has 0 radical (unpaired) electrons. The molecular weight excluding hydrogens is 288 g/mol. The zero-order valence-electron chi connectivity index (χ0n) is 13.4. The van der Waals surface area contributed by atoms with Crippen molar-refractivity contribution in [1.82, 2.24) is 0 Å². The van der Waals surface area contributed by atoms with Crippen molar-refractivity contribution in [2.24, 2.45) is 0 Å². The van der Waals surface area contributed by atoms with E-state index in [-0.39, 0.29) is 11.7 Å². The standard InChI is InChI=1S/C20H20O3/c1-22-19-8-6-14(7-9-19)16-10-17(12-18(21)11-16)15-4-3-5-20(13-15)23-2/h3-9,12-13,16H,10-11H2,1-2H3/t16-/m1/s1. The van der Waals surface area contributed by atoms with Gasteiger partial charge in [-0.3, -0.25) is 4.79 Å². The normalized spacial score (nSPS) is 17.6. The fourth-order valence-electron chi connectivity index (χ4n) is 3.03. The summed E-state index contributed by atoms with van der Waals surface area (Å²) in [5, 5.41) is 0. The maximum absolute atomic E-state index is 12.2. The van der Waals surface area contributed by atoms with E-state index in [1.54, 1.807) is 20.3 Å². The van der Waals surface area contributed by atoms with Gasteiger partial charge in [0.15, 0.2) is 5.78 Å². The zero-order valence-corrected chi connectivity index (χ0v) is 13.4. The molecule has 0 heterocycles. The van der Waals surface area contributed by atoms with Gasteiger partial charge in [0, 0.05) is 6.42 Å². The van der Waals surface area contributed by atoms with Crippen LogP contribution in [0.5, 0.6) is 11.5 Å². The highest BCUT2D eigenvalue weighted by Gasteiger charge is 2.23. The third-order valence-electron chi connectivity index (χ3n) is 4.28. The van der Waals surface area contributed by atoms with Crippen LogP contribution in [0.1, 0.15) is 29.9 Å². The maximum atomic E-state index is 12.2. The number of carbonyl (C=O) groups excluding carboxylic acids is 1. The van der Waals surface area contributed by atoms with Crippen LogP contribution in [0.25, 0.3) is 5.57 Å². The second kappa shape index (κ2) is 6.69. The fourth-order valence-corrected chi connectivity index (χ4v) is 3.03. The molecule has 0 N–H and O–H groups in total. The van der Waals surface area contributed by atoms with Gasteiger partial charge in [0.25, 0.3) is 0 Å². The average Bonchev–Trinajstić information content (AvgIpc) is 2.61. The first kappa shape index (κ1) is 15.3. The van der Waals surface area contributed by atoms with Crippen LogP contribution in [0.2, 0.25) is 0 Å². The molecule has 1 aliphatic carbocycles. The first-order chi connectivity index (χ1) is 11.2. The topological polar surface area (TPSA) is 35.5 Å². The van der Waals surface area contributed by atoms with Crippen molar-refractivity contribution in [2.45, 2.75) is 18.8 Å². The minimum atomic E-state index is 0.176. The summed E-state index contributed by atoms with van der Waals surface area (Å²) < 4.78 is 10.5. The summed E-state index contributed by atoms with van der Waals surface area (Å²) in [6, 6.07) is 15.9. The van der Waals surface area contributed by atoms with E-state index in [9.17, 15) is 4.79 Å². The van der Waals surface area contributed by atoms with Crippen LogP contribution < -0.4 is 9.47 Å². The van der Waals surface area contributed by atoms with Crippen molar-refractivity contribution >= 4 is 11.4 Å². The van der Waals surface area contributed by atoms with Crippen LogP contribution in [0.4, 0.5) is 0 Å². The SMILES string of the molecule is COc1ccc([C@H]2CC(=O)C=C(c3cccc(OC)c3)C2)cc1. The van der Waals surface area contributed by atoms with Gasteiger partial charge in [0.2, 0.25) is 0 Å². The Morgan fingerprint density at radius 3 is 2.35 bits per heavy atom. The van der Waals surface area contributed by atoms with Crippen LogP contribution in [-0.4, -0.2) is 20.0 Å². The summed E-state index contributed by atoms with van der Waals surface area (Å²) in [5.74, 6) is 2.02. The monoisotopic (exact) mass is 308 g/mol. The number of carbonyl (C=O) groups is 1. The summed E-state index contributed by atoms with van der Waals surface area (Å²) in [6.07, 6.45) is 3.18. The third kappa shape index (κ3) is 3.45. The molecule has 2 aromatic rings. The number of methoxy groups -OCH3 is 2. The Labute approximate surface area is 136 Å². The molecule has 0 aliphatic heterocycles. The lowest BCUT2D eigenvalue weighted by Crippen LogP contribution is -2.12. The number of benzene rings is 2. The molecule has 0 saturated carbocycles. The zero-order chi connectivity index (χ0) is 16.2. The number of ketones is 1. The number of hydrogen-bond donors (Lipinski definition) is 0. The molecule has 3 rings (SSSR count). The van der Waals surface area contributed by atoms with Gasteiger partial charge in [-0.25, -0.2) is 0 Å². The summed E-state index contributed by atoms with van der Waals surface area (Å²) in [5.41, 5.74) is 3.30. The quantitative estimate of drug-likeness (QED) is 0.847. The molecule has 0 fully saturated rings. The molecular formula is C20H20O3. The predicted molar refractivity (Wildman–Crippen MR) is 90.9 cm³/mol. The Balaban J connectivity index is 1.86. The molecule has 0 aromatic heterocycles. The molecule has 0 unspecified atom stereocenters. The highest BCUT2D eigenvalue weighted by atomic mass is 16.5. The van der Waals surface area contributed by atoms with Crippen LogP contribution in [-0.2, 0) is 4.79 Å². The predicted octanol–water partition coefficient (Wildman–Crippen LogP) is 4.23. The molecule has 0 amide bonds. The molecule has 23 heavy (non-hydrogen) atoms. The first-order valence-corrected chi connectivity index (χ1v) is 7.71. The smallest absolute Gasteiger partial charge is 0.156 e. The molecule has 0 saturated heterocycles. The van der Waals surface area contributed by atoms with Gasteiger partial charge < -0.3 is 9.47 Å². The summed E-state index contributed by atoms with van der Waals surface area (Å²) in [7, 11) is 3.31. The van der Waals surface area contributed by atoms with E-state index in [1.807, 2.05) is 48.5 Å². The molecule has 1 atom stereocenters. The highest BCUT2D eigenvalue weighted by molar-refractivity contribution is 5.99. The number of allylic oxidation sites excluding steroid dienone is 2. The van der Waals surface area contributed by atoms with Crippen molar-refractivity contribution in [3.8, 4) is 11.5 Å². The molecule has 3 heteroatoms. The van der Waals surface area contributed by atoms with E-state index in [2.05, 4.69) is 0 Å². The second-order valence-corrected chi connectivity index (χ2v) is 5.75. The molecule has 1 aliphatic rings. The van der Waals surface area contributed by atoms with Crippen molar-refractivity contribution < 1.29 is 14.3 Å². The van der Waals surface area contributed by atoms with Gasteiger partial charge in [-0.2, -0.15) is 0 Å². The number of hydrogen-bond acceptors (Lipinski definition) is 3. The number of ether oxygens (including phenoxy) is 2. The fraction of sp³-hybridized carbons (Fsp3) is 0.250. The lowest BCUT2D eigenvalue weighted by molar-refractivity contribution is -0.115. The van der Waals surface area contributed by atoms with E-state index >= 15 is 0 Å². The Morgan fingerprint density at radius 1 is 0.913 bits per heavy atom. The van der Waals surface area contributed by atoms with Gasteiger partial charge in [-0.1, -0.05) is 24.3 Å². The van der Waals surface area contributed by atoms with Crippen LogP contribution in [0.15, 0.2) is 54.6 Å². The minimum Gasteiger partial charge on any atom is -0.497 e. The van der Waals surface area contributed by atoms with Crippen molar-refractivity contribution in [3.05, 3.63) is 65.7 Å². The average molecular weight is 308 g/mol. The van der Waals surface area contributed by atoms with E-state index < -0.39 is 0 Å². The van der Waals surface area contributed by atoms with Crippen molar-refractivity contribution in [3.63, 3.8) is 0 Å². The summed E-state index contributed by atoms with van der Waals surface area (Å²) >= 11 is 0. The third-order valence-corrected chi connectivity index (χ3v) is 4.28. The molecule has 0 bridgehead atoms.